The van der Waals surface area contributed by atoms with Gasteiger partial charge in [0.25, 0.3) is 5.95 Å². The summed E-state index contributed by atoms with van der Waals surface area (Å²) in [5.74, 6) is 8.18. The van der Waals surface area contributed by atoms with Crippen LogP contribution in [0.2, 0.25) is 0 Å². The Bertz CT molecular complexity index is 6050. The van der Waals surface area contributed by atoms with Gasteiger partial charge in [-0.25, -0.2) is 39.7 Å². The number of hydrogen-bond donors (Lipinski definition) is 9. The van der Waals surface area contributed by atoms with Crippen molar-refractivity contribution in [2.24, 2.45) is 4.99 Å². The molecule has 5 aliphatic rings. The first-order valence-corrected chi connectivity index (χ1v) is 46.0. The van der Waals surface area contributed by atoms with E-state index in [4.69, 9.17) is 63.1 Å². The molecule has 5 fully saturated rings. The number of morpholine rings is 5. The number of hydrogen-bond acceptors (Lipinski definition) is 37. The van der Waals surface area contributed by atoms with Crippen molar-refractivity contribution in [2.45, 2.75) is 124 Å². The third-order valence-corrected chi connectivity index (χ3v) is 22.9. The van der Waals surface area contributed by atoms with Crippen molar-refractivity contribution in [1.82, 2.24) is 125 Å². The molecule has 18 rings (SSSR count). The van der Waals surface area contributed by atoms with Crippen LogP contribution >= 0.6 is 0 Å². The molecule has 0 amide bonds. The Labute approximate surface area is 846 Å². The zero-order chi connectivity index (χ0) is 94.9. The number of aliphatic imine (C=N–C) groups is 1. The number of carboxylic acid groups (broad SMARTS) is 1. The van der Waals surface area contributed by atoms with Gasteiger partial charge in [0.1, 0.15) is 101 Å². The Kier molecular flexibility index (Phi) is 45.7. The number of benzene rings is 5. The predicted molar refractivity (Wildman–Crippen MR) is 538 cm³/mol. The fourth-order valence-corrected chi connectivity index (χ4v) is 15.5. The Morgan fingerprint density at radius 1 is 0.426 bits per heavy atom. The molecular formula is C97H137N31O12U. The average molecular weight is 2170 g/mol. The van der Waals surface area contributed by atoms with Crippen LogP contribution in [0.5, 0.6) is 28.7 Å². The van der Waals surface area contributed by atoms with Crippen molar-refractivity contribution < 1.29 is 88.4 Å². The molecular weight excluding hydrogens is 2030 g/mol. The van der Waals surface area contributed by atoms with Crippen molar-refractivity contribution in [3.8, 4) is 40.8 Å². The monoisotopic (exact) mass is 2170 g/mol. The third-order valence-electron chi connectivity index (χ3n) is 22.9. The maximum absolute atomic E-state index is 10.9. The number of nitriles is 1. The minimum Gasteiger partial charge on any atom is -0.493 e. The number of nitrogens with one attached hydrogen (secondary N) is 8. The number of nitrogens with zero attached hydrogens (tertiary/aromatic N) is 23. The molecule has 0 atom stereocenters. The normalized spacial score (nSPS) is 14.6. The number of aromatic amines is 4. The van der Waals surface area contributed by atoms with Gasteiger partial charge < -0.3 is 68.4 Å². The fraction of sp³-hybridized carbons (Fsp3) is 0.495. The van der Waals surface area contributed by atoms with Gasteiger partial charge in [-0.1, -0.05) is 29.7 Å². The first kappa shape index (κ1) is 112. The van der Waals surface area contributed by atoms with Crippen LogP contribution in [-0.4, -0.2) is 339 Å². The quantitative estimate of drug-likeness (QED) is 0.0134. The molecule has 0 unspecified atom stereocenters. The van der Waals surface area contributed by atoms with E-state index in [0.29, 0.717) is 96.4 Å². The second kappa shape index (κ2) is 57.4. The zero-order valence-electron chi connectivity index (χ0n) is 79.1. The van der Waals surface area contributed by atoms with E-state index in [2.05, 4.69) is 147 Å². The smallest absolute Gasteiger partial charge is 0.373 e. The van der Waals surface area contributed by atoms with Gasteiger partial charge in [-0.2, -0.15) is 25.2 Å². The maximum atomic E-state index is 10.9. The molecule has 0 saturated carbocycles. The van der Waals surface area contributed by atoms with E-state index in [1.54, 1.807) is 17.1 Å². The van der Waals surface area contributed by atoms with Gasteiger partial charge in [0.15, 0.2) is 0 Å². The largest absolute Gasteiger partial charge is 0.493 e. The van der Waals surface area contributed by atoms with E-state index < -0.39 is 5.97 Å². The van der Waals surface area contributed by atoms with Gasteiger partial charge in [-0.05, 0) is 153 Å². The molecule has 43 nitrogen and oxygen atoms in total. The minimum absolute atomic E-state index is 0. The van der Waals surface area contributed by atoms with Crippen LogP contribution in [0.1, 0.15) is 130 Å². The second-order valence-electron chi connectivity index (χ2n) is 33.0. The van der Waals surface area contributed by atoms with Crippen molar-refractivity contribution in [2.75, 3.05) is 213 Å². The number of ether oxygens (including phenoxy) is 10. The molecule has 13 heterocycles. The molecule has 0 spiro atoms. The Hall–Kier alpha value is -12.5. The van der Waals surface area contributed by atoms with E-state index in [9.17, 15) is 4.79 Å². The number of fused-ring (bicyclic) bond motifs is 4. The summed E-state index contributed by atoms with van der Waals surface area (Å²) < 4.78 is 58.3. The van der Waals surface area contributed by atoms with Gasteiger partial charge in [-0.3, -0.25) is 59.9 Å². The van der Waals surface area contributed by atoms with Gasteiger partial charge in [0, 0.05) is 187 Å². The predicted octanol–water partition coefficient (Wildman–Crippen LogP) is 12.6. The standard InChI is InChI=1S/C19H23N7O4.3C19H25N7O2.C17H23N3O2.4CH4.U/c1-12-9-13-14(10-15(12)30-6-2-3-26-4-7-29-8-5-26)20-11-21-16(13)22-19-23-17(18(27)28)24-25-19;1-13-10-15-16(21-12-26(18(15)20)19-22-14(2)23-24-19)11-17(13)28-7-3-4-25-5-8-27-9-6-25;2*1-13-10-15-16(20-12-21-18(15)23-19-22-14(2)24-25-19)11-17(13)28-7-3-4-26-5-8-27-9-6-26;1-3-19-16-12-17(14(2)11-15(16)13-18)22-8-4-5-20-6-9-21-10-7-20;;;;;/h9-11H,2-8H2,1H3,(H,27,28)(H2,20,21,22,23,24,25);10-12,20H,3-9H2,1-2H3,(H,22,23,24);2*10-12H,3-9H2,1-2H3,(H2,20,21,22,23,24,25);3,11-12H,4-10H2,1-2H3;4*1H4;. The molecule has 13 aromatic rings. The molecule has 0 aliphatic carbocycles. The Balaban J connectivity index is 0.000000196. The van der Waals surface area contributed by atoms with E-state index in [-0.39, 0.29) is 72.6 Å². The fourth-order valence-electron chi connectivity index (χ4n) is 15.5. The molecule has 44 heteroatoms. The Morgan fingerprint density at radius 3 is 1.04 bits per heavy atom. The summed E-state index contributed by atoms with van der Waals surface area (Å²) in [5.41, 5.74) is 9.60. The van der Waals surface area contributed by atoms with Crippen molar-refractivity contribution >= 4 is 96.8 Å². The zero-order valence-corrected chi connectivity index (χ0v) is 83.3. The summed E-state index contributed by atoms with van der Waals surface area (Å²) >= 11 is 0. The van der Waals surface area contributed by atoms with Crippen molar-refractivity contribution in [3.63, 3.8) is 0 Å². The number of anilines is 6. The molecule has 0 radical (unpaired) electrons. The summed E-state index contributed by atoms with van der Waals surface area (Å²) in [6.07, 6.45) is 12.6. The van der Waals surface area contributed by atoms with Gasteiger partial charge in [0.2, 0.25) is 23.7 Å². The number of carboxylic acids is 1. The summed E-state index contributed by atoms with van der Waals surface area (Å²) in [4.78, 5) is 74.3. The number of H-pyrrole nitrogens is 4. The van der Waals surface area contributed by atoms with Crippen LogP contribution in [0, 0.1) is 103 Å². The molecule has 5 aliphatic heterocycles. The van der Waals surface area contributed by atoms with Crippen LogP contribution in [0.4, 0.5) is 41.0 Å². The van der Waals surface area contributed by atoms with Crippen LogP contribution in [0.3, 0.4) is 0 Å². The van der Waals surface area contributed by atoms with Gasteiger partial charge in [0.05, 0.1) is 132 Å². The van der Waals surface area contributed by atoms with Gasteiger partial charge in [-0.15, -0.1) is 20.4 Å². The molecule has 5 saturated heterocycles. The summed E-state index contributed by atoms with van der Waals surface area (Å²) in [7, 11) is 0. The van der Waals surface area contributed by atoms with Crippen LogP contribution in [0.15, 0.2) is 91.0 Å². The molecule has 8 aromatic heterocycles. The number of carbonyl (C=O) groups is 1. The molecule has 0 bridgehead atoms. The number of rotatable bonds is 34. The van der Waals surface area contributed by atoms with Crippen molar-refractivity contribution in [1.29, 1.82) is 10.7 Å². The average Bonchev–Trinajstić information content (AvgIpc) is 1.78. The van der Waals surface area contributed by atoms with Crippen LogP contribution in [-0.2, 0) is 23.7 Å². The van der Waals surface area contributed by atoms with E-state index >= 15 is 0 Å². The molecule has 756 valence electrons. The van der Waals surface area contributed by atoms with Gasteiger partial charge >= 0.3 is 5.97 Å². The topological polar surface area (TPSA) is 503 Å². The first-order valence-electron chi connectivity index (χ1n) is 46.0. The van der Waals surface area contributed by atoms with Crippen LogP contribution < -0.4 is 45.1 Å². The number of aromatic carboxylic acids is 1. The maximum Gasteiger partial charge on any atom is 0.373 e. The number of aryl methyl sites for hydroxylation is 8. The first-order chi connectivity index (χ1) is 66.3. The summed E-state index contributed by atoms with van der Waals surface area (Å²) in [6.45, 7) is 43.9. The third kappa shape index (κ3) is 33.1. The molecule has 9 N–H and O–H groups in total. The molecule has 141 heavy (non-hydrogen) atoms. The Morgan fingerprint density at radius 2 is 0.730 bits per heavy atom. The minimum atomic E-state index is -1.19. The van der Waals surface area contributed by atoms with E-state index in [1.165, 1.54) is 19.0 Å². The van der Waals surface area contributed by atoms with E-state index in [1.807, 2.05) is 123 Å². The van der Waals surface area contributed by atoms with E-state index in [0.717, 1.165) is 303 Å². The summed E-state index contributed by atoms with van der Waals surface area (Å²) in [5, 5.41) is 66.1. The second-order valence-corrected chi connectivity index (χ2v) is 33.0. The number of aromatic nitrogens is 20. The molecule has 5 aromatic carbocycles. The summed E-state index contributed by atoms with van der Waals surface area (Å²) in [6, 6.07) is 21.5. The van der Waals surface area contributed by atoms with Crippen molar-refractivity contribution in [3.05, 3.63) is 148 Å². The SMILES string of the molecule is C.C.C.C.CC=Nc1cc(OCCCN2CCOCC2)c(C)cc1C#N.Cc1cc2c(Nc3n[nH]c(C(=O)O)n3)ncnc2cc1OCCCN1CCOCC1.Cc1nc(-n2cnc3cc(OCCCN4CCOCC4)c(C)cc3c2=N)n[nH]1.Cc1nc(Nc2ncnc3cc(OCCCN4CCOCC4)c(C)cc23)n[nH]1.Cc1nc(Nc2ncnc3cc(OCCCN4CCOCC4)c(C)cc23)n[nH]1.[U]. The van der Waals surface area contributed by atoms with Crippen LogP contribution in [0.25, 0.3) is 49.6 Å².